The number of aliphatic hydroxyl groups is 1. The van der Waals surface area contributed by atoms with Gasteiger partial charge in [0.05, 0.1) is 6.10 Å². The largest absolute Gasteiger partial charge is 0.403 e. The van der Waals surface area contributed by atoms with Crippen LogP contribution in [0.15, 0.2) is 12.4 Å². The molecule has 1 heterocycles. The summed E-state index contributed by atoms with van der Waals surface area (Å²) in [5.41, 5.74) is 0. The van der Waals surface area contributed by atoms with Gasteiger partial charge in [-0.2, -0.15) is 26.3 Å². The van der Waals surface area contributed by atoms with Crippen molar-refractivity contribution in [2.24, 2.45) is 5.92 Å². The lowest BCUT2D eigenvalue weighted by atomic mass is 9.98. The quantitative estimate of drug-likeness (QED) is 0.849. The third-order valence-electron chi connectivity index (χ3n) is 2.75. The lowest BCUT2D eigenvalue weighted by Gasteiger charge is -2.27. The number of halogens is 6. The van der Waals surface area contributed by atoms with E-state index in [2.05, 4.69) is 4.98 Å². The summed E-state index contributed by atoms with van der Waals surface area (Å²) in [5, 5.41) is 9.35. The molecule has 0 radical (unpaired) electrons. The van der Waals surface area contributed by atoms with E-state index in [9.17, 15) is 31.4 Å². The Kier molecular flexibility index (Phi) is 5.06. The first kappa shape index (κ1) is 16.8. The van der Waals surface area contributed by atoms with Crippen LogP contribution in [-0.2, 0) is 13.0 Å². The summed E-state index contributed by atoms with van der Waals surface area (Å²) in [4.78, 5) is 3.69. The zero-order chi connectivity index (χ0) is 15.6. The Labute approximate surface area is 111 Å². The number of nitrogens with zero attached hydrogens (tertiary/aromatic N) is 2. The summed E-state index contributed by atoms with van der Waals surface area (Å²) in [6.07, 6.45) is -11.2. The Bertz CT molecular complexity index is 411. The summed E-state index contributed by atoms with van der Waals surface area (Å²) in [7, 11) is 0. The summed E-state index contributed by atoms with van der Waals surface area (Å²) in [5.74, 6) is -3.78. The van der Waals surface area contributed by atoms with Gasteiger partial charge in [-0.25, -0.2) is 4.98 Å². The lowest BCUT2D eigenvalue weighted by molar-refractivity contribution is -0.306. The van der Waals surface area contributed by atoms with E-state index in [1.807, 2.05) is 0 Å². The molecule has 1 aromatic heterocycles. The van der Waals surface area contributed by atoms with E-state index in [0.29, 0.717) is 13.0 Å². The fourth-order valence-corrected chi connectivity index (χ4v) is 1.90. The molecule has 0 aliphatic rings. The van der Waals surface area contributed by atoms with E-state index >= 15 is 0 Å². The van der Waals surface area contributed by atoms with Gasteiger partial charge in [-0.05, 0) is 6.42 Å². The maximum Gasteiger partial charge on any atom is 0.403 e. The number of aryl methyl sites for hydroxylation is 1. The molecule has 0 aliphatic carbocycles. The summed E-state index contributed by atoms with van der Waals surface area (Å²) < 4.78 is 76.0. The van der Waals surface area contributed by atoms with Crippen LogP contribution < -0.4 is 0 Å². The molecular weight excluding hydrogens is 290 g/mol. The van der Waals surface area contributed by atoms with Crippen LogP contribution in [0.5, 0.6) is 0 Å². The summed E-state index contributed by atoms with van der Waals surface area (Å²) in [6, 6.07) is 0. The number of hydrogen-bond donors (Lipinski definition) is 1. The first-order valence-corrected chi connectivity index (χ1v) is 5.88. The molecule has 0 saturated heterocycles. The number of hydrogen-bond acceptors (Lipinski definition) is 2. The Morgan fingerprint density at radius 1 is 1.20 bits per heavy atom. The van der Waals surface area contributed by atoms with Gasteiger partial charge >= 0.3 is 12.4 Å². The highest BCUT2D eigenvalue weighted by Crippen LogP contribution is 2.41. The fourth-order valence-electron chi connectivity index (χ4n) is 1.90. The second kappa shape index (κ2) is 6.02. The smallest absolute Gasteiger partial charge is 0.392 e. The van der Waals surface area contributed by atoms with E-state index in [-0.39, 0.29) is 5.82 Å². The second-order valence-corrected chi connectivity index (χ2v) is 4.37. The molecular formula is C11H14F6N2O. The van der Waals surface area contributed by atoms with Crippen LogP contribution in [0.3, 0.4) is 0 Å². The molecule has 116 valence electrons. The first-order valence-electron chi connectivity index (χ1n) is 5.88. The summed E-state index contributed by atoms with van der Waals surface area (Å²) >= 11 is 0. The van der Waals surface area contributed by atoms with E-state index in [1.54, 1.807) is 6.92 Å². The van der Waals surface area contributed by atoms with Crippen LogP contribution in [0.25, 0.3) is 0 Å². The van der Waals surface area contributed by atoms with Gasteiger partial charge in [0.2, 0.25) is 0 Å². The molecule has 1 unspecified atom stereocenters. The zero-order valence-electron chi connectivity index (χ0n) is 10.5. The van der Waals surface area contributed by atoms with E-state index < -0.39 is 30.8 Å². The summed E-state index contributed by atoms with van der Waals surface area (Å²) in [6.45, 7) is 2.21. The van der Waals surface area contributed by atoms with Gasteiger partial charge in [-0.1, -0.05) is 6.92 Å². The molecule has 1 atom stereocenters. The lowest BCUT2D eigenvalue weighted by Crippen LogP contribution is -2.45. The van der Waals surface area contributed by atoms with E-state index in [4.69, 9.17) is 0 Å². The van der Waals surface area contributed by atoms with Gasteiger partial charge in [-0.3, -0.25) is 0 Å². The van der Waals surface area contributed by atoms with Gasteiger partial charge < -0.3 is 9.67 Å². The Hall–Kier alpha value is -1.25. The number of imidazole rings is 1. The third-order valence-corrected chi connectivity index (χ3v) is 2.75. The Balaban J connectivity index is 2.92. The minimum atomic E-state index is -5.56. The van der Waals surface area contributed by atoms with Gasteiger partial charge in [0, 0.05) is 25.4 Å². The molecule has 0 spiro atoms. The second-order valence-electron chi connectivity index (χ2n) is 4.37. The highest BCUT2D eigenvalue weighted by atomic mass is 19.4. The monoisotopic (exact) mass is 304 g/mol. The SMILES string of the molecule is CCCn1ccnc1CC(O)C(C(F)(F)F)C(F)(F)F. The maximum atomic E-state index is 12.4. The van der Waals surface area contributed by atoms with Crippen molar-refractivity contribution >= 4 is 0 Å². The minimum absolute atomic E-state index is 0.00199. The maximum absolute atomic E-state index is 12.4. The molecule has 1 N–H and O–H groups in total. The first-order chi connectivity index (χ1) is 9.07. The van der Waals surface area contributed by atoms with E-state index in [1.165, 1.54) is 17.0 Å². The van der Waals surface area contributed by atoms with Crippen molar-refractivity contribution < 1.29 is 31.4 Å². The van der Waals surface area contributed by atoms with Crippen molar-refractivity contribution in [3.05, 3.63) is 18.2 Å². The topological polar surface area (TPSA) is 38.0 Å². The molecule has 1 rings (SSSR count). The van der Waals surface area contributed by atoms with Gasteiger partial charge in [0.25, 0.3) is 0 Å². The molecule has 0 amide bonds. The van der Waals surface area contributed by atoms with E-state index in [0.717, 1.165) is 0 Å². The normalized spacial score (nSPS) is 14.8. The van der Waals surface area contributed by atoms with Crippen LogP contribution in [0.1, 0.15) is 19.2 Å². The van der Waals surface area contributed by atoms with Gasteiger partial charge in [-0.15, -0.1) is 0 Å². The predicted octanol–water partition coefficient (Wildman–Crippen LogP) is 2.94. The molecule has 0 fully saturated rings. The molecule has 0 saturated carbocycles. The van der Waals surface area contributed by atoms with Crippen LogP contribution in [-0.4, -0.2) is 33.1 Å². The van der Waals surface area contributed by atoms with Crippen molar-refractivity contribution in [3.8, 4) is 0 Å². The standard InChI is InChI=1S/C11H14F6N2O/c1-2-4-19-5-3-18-8(19)6-7(20)9(10(12,13)14)11(15,16)17/h3,5,7,9,20H,2,4,6H2,1H3. The van der Waals surface area contributed by atoms with Crippen molar-refractivity contribution in [3.63, 3.8) is 0 Å². The molecule has 0 bridgehead atoms. The van der Waals surface area contributed by atoms with Gasteiger partial charge in [0.1, 0.15) is 5.82 Å². The third kappa shape index (κ3) is 4.12. The molecule has 1 aromatic rings. The van der Waals surface area contributed by atoms with Crippen LogP contribution in [0.4, 0.5) is 26.3 Å². The van der Waals surface area contributed by atoms with Crippen molar-refractivity contribution in [2.75, 3.05) is 0 Å². The van der Waals surface area contributed by atoms with Crippen LogP contribution in [0.2, 0.25) is 0 Å². The number of rotatable bonds is 5. The van der Waals surface area contributed by atoms with Crippen molar-refractivity contribution in [1.82, 2.24) is 9.55 Å². The highest BCUT2D eigenvalue weighted by molar-refractivity contribution is 4.97. The van der Waals surface area contributed by atoms with Crippen molar-refractivity contribution in [2.45, 2.75) is 44.8 Å². The highest BCUT2D eigenvalue weighted by Gasteiger charge is 2.60. The van der Waals surface area contributed by atoms with Gasteiger partial charge in [0.15, 0.2) is 5.92 Å². The van der Waals surface area contributed by atoms with Crippen LogP contribution in [0, 0.1) is 5.92 Å². The Morgan fingerprint density at radius 3 is 2.20 bits per heavy atom. The predicted molar refractivity (Wildman–Crippen MR) is 57.8 cm³/mol. The average molecular weight is 304 g/mol. The molecule has 0 aliphatic heterocycles. The number of aliphatic hydroxyl groups excluding tert-OH is 1. The average Bonchev–Trinajstić information content (AvgIpc) is 2.61. The molecule has 3 nitrogen and oxygen atoms in total. The minimum Gasteiger partial charge on any atom is -0.392 e. The van der Waals surface area contributed by atoms with Crippen LogP contribution >= 0.6 is 0 Å². The molecule has 0 aromatic carbocycles. The fraction of sp³-hybridized carbons (Fsp3) is 0.727. The molecule has 20 heavy (non-hydrogen) atoms. The Morgan fingerprint density at radius 2 is 1.75 bits per heavy atom. The number of alkyl halides is 6. The van der Waals surface area contributed by atoms with Crippen molar-refractivity contribution in [1.29, 1.82) is 0 Å². The zero-order valence-corrected chi connectivity index (χ0v) is 10.5. The number of aromatic nitrogens is 2. The molecule has 9 heteroatoms.